The average Bonchev–Trinajstić information content (AvgIpc) is 3.32. The monoisotopic (exact) mass is 355 g/mol. The minimum absolute atomic E-state index is 0.198. The minimum Gasteiger partial charge on any atom is -0.373 e. The standard InChI is InChI=1S/C22H33N3O/c1-2-23-22(25-15-19-10-6-7-11-20(19)16-25)24-14-18-12-13-26-21(18)17-8-4-3-5-9-17/h3-5,8-9,18-21H,2,6-7,10-16H2,1H3,(H,23,24). The van der Waals surface area contributed by atoms with Crippen molar-refractivity contribution in [2.24, 2.45) is 22.7 Å². The molecule has 0 bridgehead atoms. The third-order valence-electron chi connectivity index (χ3n) is 6.43. The zero-order valence-electron chi connectivity index (χ0n) is 16.1. The number of benzene rings is 1. The first-order valence-corrected chi connectivity index (χ1v) is 10.5. The first kappa shape index (κ1) is 17.8. The Labute approximate surface area is 158 Å². The van der Waals surface area contributed by atoms with E-state index in [0.717, 1.165) is 43.9 Å². The first-order valence-electron chi connectivity index (χ1n) is 10.5. The van der Waals surface area contributed by atoms with Gasteiger partial charge in [-0.3, -0.25) is 4.99 Å². The molecule has 2 aliphatic heterocycles. The van der Waals surface area contributed by atoms with Gasteiger partial charge in [0.25, 0.3) is 0 Å². The van der Waals surface area contributed by atoms with E-state index in [2.05, 4.69) is 47.5 Å². The Bertz CT molecular complexity index is 589. The fourth-order valence-electron chi connectivity index (χ4n) is 5.04. The lowest BCUT2D eigenvalue weighted by atomic mass is 9.82. The third kappa shape index (κ3) is 3.90. The molecule has 4 heteroatoms. The molecule has 0 radical (unpaired) electrons. The zero-order valence-corrected chi connectivity index (χ0v) is 16.1. The average molecular weight is 356 g/mol. The van der Waals surface area contributed by atoms with Crippen molar-refractivity contribution in [2.45, 2.75) is 45.1 Å². The molecule has 2 saturated heterocycles. The summed E-state index contributed by atoms with van der Waals surface area (Å²) in [6.07, 6.45) is 6.96. The molecule has 3 aliphatic rings. The van der Waals surface area contributed by atoms with E-state index in [1.165, 1.54) is 44.3 Å². The van der Waals surface area contributed by atoms with E-state index < -0.39 is 0 Å². The van der Waals surface area contributed by atoms with Crippen LogP contribution in [0.5, 0.6) is 0 Å². The normalized spacial score (nSPS) is 31.9. The quantitative estimate of drug-likeness (QED) is 0.658. The van der Waals surface area contributed by atoms with Crippen LogP contribution in [-0.2, 0) is 4.74 Å². The molecule has 4 atom stereocenters. The van der Waals surface area contributed by atoms with Crippen LogP contribution in [0.25, 0.3) is 0 Å². The molecule has 1 saturated carbocycles. The van der Waals surface area contributed by atoms with Crippen molar-refractivity contribution in [3.8, 4) is 0 Å². The molecule has 26 heavy (non-hydrogen) atoms. The van der Waals surface area contributed by atoms with Crippen molar-refractivity contribution in [3.05, 3.63) is 35.9 Å². The van der Waals surface area contributed by atoms with Gasteiger partial charge in [-0.1, -0.05) is 43.2 Å². The topological polar surface area (TPSA) is 36.9 Å². The van der Waals surface area contributed by atoms with Crippen LogP contribution in [0.1, 0.15) is 50.7 Å². The number of ether oxygens (including phenoxy) is 1. The van der Waals surface area contributed by atoms with Crippen molar-refractivity contribution in [3.63, 3.8) is 0 Å². The summed E-state index contributed by atoms with van der Waals surface area (Å²) in [5.41, 5.74) is 1.29. The lowest BCUT2D eigenvalue weighted by molar-refractivity contribution is 0.0925. The van der Waals surface area contributed by atoms with Gasteiger partial charge in [0.15, 0.2) is 5.96 Å². The molecular formula is C22H33N3O. The van der Waals surface area contributed by atoms with Crippen LogP contribution >= 0.6 is 0 Å². The van der Waals surface area contributed by atoms with E-state index in [1.54, 1.807) is 0 Å². The van der Waals surface area contributed by atoms with Crippen molar-refractivity contribution >= 4 is 5.96 Å². The number of guanidine groups is 1. The number of aliphatic imine (C=N–C) groups is 1. The molecule has 3 fully saturated rings. The van der Waals surface area contributed by atoms with Gasteiger partial charge in [-0.15, -0.1) is 0 Å². The predicted molar refractivity (Wildman–Crippen MR) is 106 cm³/mol. The van der Waals surface area contributed by atoms with E-state index in [4.69, 9.17) is 9.73 Å². The van der Waals surface area contributed by atoms with Crippen molar-refractivity contribution in [1.29, 1.82) is 0 Å². The molecule has 1 N–H and O–H groups in total. The fourth-order valence-corrected chi connectivity index (χ4v) is 5.04. The summed E-state index contributed by atoms with van der Waals surface area (Å²) < 4.78 is 6.04. The Morgan fingerprint density at radius 2 is 1.85 bits per heavy atom. The van der Waals surface area contributed by atoms with E-state index >= 15 is 0 Å². The summed E-state index contributed by atoms with van der Waals surface area (Å²) in [5.74, 6) is 3.38. The van der Waals surface area contributed by atoms with E-state index in [-0.39, 0.29) is 6.10 Å². The van der Waals surface area contributed by atoms with Crippen LogP contribution in [0, 0.1) is 17.8 Å². The Balaban J connectivity index is 1.42. The third-order valence-corrected chi connectivity index (χ3v) is 6.43. The second-order valence-corrected chi connectivity index (χ2v) is 8.16. The minimum atomic E-state index is 0.198. The lowest BCUT2D eigenvalue weighted by Gasteiger charge is -2.23. The summed E-state index contributed by atoms with van der Waals surface area (Å²) in [6, 6.07) is 10.6. The Morgan fingerprint density at radius 1 is 1.12 bits per heavy atom. The van der Waals surface area contributed by atoms with Crippen LogP contribution < -0.4 is 5.32 Å². The summed E-state index contributed by atoms with van der Waals surface area (Å²) in [6.45, 7) is 7.20. The first-order chi connectivity index (χ1) is 12.8. The summed E-state index contributed by atoms with van der Waals surface area (Å²) >= 11 is 0. The van der Waals surface area contributed by atoms with E-state index in [0.29, 0.717) is 5.92 Å². The number of fused-ring (bicyclic) bond motifs is 1. The maximum absolute atomic E-state index is 6.04. The smallest absolute Gasteiger partial charge is 0.193 e. The number of hydrogen-bond donors (Lipinski definition) is 1. The van der Waals surface area contributed by atoms with Crippen LogP contribution in [0.4, 0.5) is 0 Å². The highest BCUT2D eigenvalue weighted by atomic mass is 16.5. The maximum Gasteiger partial charge on any atom is 0.193 e. The van der Waals surface area contributed by atoms with Crippen molar-refractivity contribution < 1.29 is 4.74 Å². The molecule has 2 heterocycles. The predicted octanol–water partition coefficient (Wildman–Crippen LogP) is 3.85. The second-order valence-electron chi connectivity index (χ2n) is 8.16. The van der Waals surface area contributed by atoms with Crippen LogP contribution in [0.2, 0.25) is 0 Å². The Hall–Kier alpha value is -1.55. The van der Waals surface area contributed by atoms with Gasteiger partial charge in [0.05, 0.1) is 6.10 Å². The molecule has 142 valence electrons. The maximum atomic E-state index is 6.04. The molecular weight excluding hydrogens is 322 g/mol. The number of nitrogens with one attached hydrogen (secondary N) is 1. The van der Waals surface area contributed by atoms with Gasteiger partial charge in [-0.05, 0) is 43.6 Å². The second kappa shape index (κ2) is 8.43. The molecule has 1 aromatic rings. The zero-order chi connectivity index (χ0) is 17.8. The highest BCUT2D eigenvalue weighted by molar-refractivity contribution is 5.80. The van der Waals surface area contributed by atoms with Crippen LogP contribution in [0.3, 0.4) is 0 Å². The molecule has 0 spiro atoms. The van der Waals surface area contributed by atoms with Gasteiger partial charge < -0.3 is 15.0 Å². The van der Waals surface area contributed by atoms with Gasteiger partial charge in [0.1, 0.15) is 0 Å². The fraction of sp³-hybridized carbons (Fsp3) is 0.682. The molecule has 1 aliphatic carbocycles. The Morgan fingerprint density at radius 3 is 2.54 bits per heavy atom. The largest absolute Gasteiger partial charge is 0.373 e. The highest BCUT2D eigenvalue weighted by Crippen LogP contribution is 2.37. The SMILES string of the molecule is CCNC(=NCC1CCOC1c1ccccc1)N1CC2CCCCC2C1. The molecule has 0 aromatic heterocycles. The van der Waals surface area contributed by atoms with E-state index in [1.807, 2.05) is 0 Å². The van der Waals surface area contributed by atoms with Crippen molar-refractivity contribution in [1.82, 2.24) is 10.2 Å². The molecule has 4 nitrogen and oxygen atoms in total. The summed E-state index contributed by atoms with van der Waals surface area (Å²) in [4.78, 5) is 7.59. The number of nitrogens with zero attached hydrogens (tertiary/aromatic N) is 2. The van der Waals surface area contributed by atoms with Crippen molar-refractivity contribution in [2.75, 3.05) is 32.8 Å². The summed E-state index contributed by atoms with van der Waals surface area (Å²) in [7, 11) is 0. The van der Waals surface area contributed by atoms with Gasteiger partial charge in [0.2, 0.25) is 0 Å². The van der Waals surface area contributed by atoms with Crippen LogP contribution in [-0.4, -0.2) is 43.6 Å². The van der Waals surface area contributed by atoms with Gasteiger partial charge in [0, 0.05) is 38.7 Å². The highest BCUT2D eigenvalue weighted by Gasteiger charge is 2.36. The number of rotatable bonds is 4. The van der Waals surface area contributed by atoms with Crippen LogP contribution in [0.15, 0.2) is 35.3 Å². The van der Waals surface area contributed by atoms with E-state index in [9.17, 15) is 0 Å². The van der Waals surface area contributed by atoms with Gasteiger partial charge >= 0.3 is 0 Å². The summed E-state index contributed by atoms with van der Waals surface area (Å²) in [5, 5.41) is 3.55. The molecule has 4 unspecified atom stereocenters. The lowest BCUT2D eigenvalue weighted by Crippen LogP contribution is -2.40. The molecule has 1 aromatic carbocycles. The molecule has 4 rings (SSSR count). The van der Waals surface area contributed by atoms with Gasteiger partial charge in [-0.2, -0.15) is 0 Å². The Kier molecular flexibility index (Phi) is 5.78. The molecule has 0 amide bonds. The number of hydrogen-bond acceptors (Lipinski definition) is 2. The van der Waals surface area contributed by atoms with Gasteiger partial charge in [-0.25, -0.2) is 0 Å². The number of likely N-dealkylation sites (tertiary alicyclic amines) is 1.